The van der Waals surface area contributed by atoms with Crippen molar-refractivity contribution in [2.75, 3.05) is 0 Å². The van der Waals surface area contributed by atoms with Crippen LogP contribution in [-0.4, -0.2) is 15.3 Å². The third-order valence-corrected chi connectivity index (χ3v) is 8.91. The van der Waals surface area contributed by atoms with Crippen LogP contribution in [0.15, 0.2) is 133 Å². The first kappa shape index (κ1) is 24.5. The minimum absolute atomic E-state index is 0.214. The van der Waals surface area contributed by atoms with E-state index in [-0.39, 0.29) is 5.92 Å². The van der Waals surface area contributed by atoms with Gasteiger partial charge in [-0.05, 0) is 65.5 Å². The molecule has 3 nitrogen and oxygen atoms in total. The number of aromatic nitrogens is 2. The average Bonchev–Trinajstić information content (AvgIpc) is 3.52. The van der Waals surface area contributed by atoms with E-state index in [1.165, 1.54) is 0 Å². The SMILES string of the molecule is O=C1/C(=C/c2ccccc2-c2cn(C(c3ccccc3)(c3ccccc3)c3ccccc3)cn2)C2CCC1CC2. The molecule has 3 aliphatic rings. The molecule has 2 bridgehead atoms. The summed E-state index contributed by atoms with van der Waals surface area (Å²) < 4.78 is 2.25. The van der Waals surface area contributed by atoms with E-state index in [2.05, 4.69) is 132 Å². The van der Waals surface area contributed by atoms with Crippen LogP contribution in [0, 0.1) is 11.8 Å². The summed E-state index contributed by atoms with van der Waals surface area (Å²) in [6.45, 7) is 0. The number of hydrogen-bond acceptors (Lipinski definition) is 2. The molecule has 196 valence electrons. The molecule has 0 unspecified atom stereocenters. The highest BCUT2D eigenvalue weighted by molar-refractivity contribution is 6.03. The minimum atomic E-state index is -0.610. The van der Waals surface area contributed by atoms with Gasteiger partial charge >= 0.3 is 0 Å². The highest BCUT2D eigenvalue weighted by Gasteiger charge is 2.39. The topological polar surface area (TPSA) is 34.9 Å². The van der Waals surface area contributed by atoms with Gasteiger partial charge in [-0.2, -0.15) is 0 Å². The maximum absolute atomic E-state index is 13.2. The molecular formula is C37H32N2O. The van der Waals surface area contributed by atoms with Gasteiger partial charge in [0.1, 0.15) is 5.54 Å². The highest BCUT2D eigenvalue weighted by Crippen LogP contribution is 2.44. The lowest BCUT2D eigenvalue weighted by atomic mass is 9.66. The van der Waals surface area contributed by atoms with Crippen molar-refractivity contribution in [2.45, 2.75) is 31.2 Å². The maximum Gasteiger partial charge on any atom is 0.162 e. The fraction of sp³-hybridized carbons (Fsp3) is 0.189. The second-order valence-corrected chi connectivity index (χ2v) is 11.1. The standard InChI is InChI=1S/C37H32N2O/c40-36-28-22-20-27(21-23-28)34(36)24-29-12-10-11-19-33(29)35-25-39(26-38-35)37(30-13-4-1-5-14-30,31-15-6-2-7-16-31)32-17-8-3-9-18-32/h1-19,24-28H,20-23H2/b34-24+. The summed E-state index contributed by atoms with van der Waals surface area (Å²) in [4.78, 5) is 18.2. The summed E-state index contributed by atoms with van der Waals surface area (Å²) in [6.07, 6.45) is 10.6. The Kier molecular flexibility index (Phi) is 6.28. The van der Waals surface area contributed by atoms with Crippen LogP contribution in [0.5, 0.6) is 0 Å². The van der Waals surface area contributed by atoms with Crippen molar-refractivity contribution in [1.29, 1.82) is 0 Å². The molecule has 0 radical (unpaired) electrons. The van der Waals surface area contributed by atoms with Crippen molar-refractivity contribution in [3.05, 3.63) is 156 Å². The van der Waals surface area contributed by atoms with Gasteiger partial charge in [-0.3, -0.25) is 4.79 Å². The molecule has 4 aromatic carbocycles. The number of allylic oxidation sites excluding steroid dienone is 1. The molecule has 8 rings (SSSR count). The zero-order valence-corrected chi connectivity index (χ0v) is 22.5. The predicted molar refractivity (Wildman–Crippen MR) is 161 cm³/mol. The third-order valence-electron chi connectivity index (χ3n) is 8.91. The Morgan fingerprint density at radius 1 is 0.650 bits per heavy atom. The number of hydrogen-bond donors (Lipinski definition) is 0. The predicted octanol–water partition coefficient (Wildman–Crippen LogP) is 8.16. The summed E-state index contributed by atoms with van der Waals surface area (Å²) in [7, 11) is 0. The zero-order chi connectivity index (χ0) is 26.9. The van der Waals surface area contributed by atoms with E-state index in [9.17, 15) is 4.79 Å². The molecule has 0 spiro atoms. The van der Waals surface area contributed by atoms with Gasteiger partial charge in [0.25, 0.3) is 0 Å². The quantitative estimate of drug-likeness (QED) is 0.167. The van der Waals surface area contributed by atoms with Crippen molar-refractivity contribution < 1.29 is 4.79 Å². The Morgan fingerprint density at radius 2 is 1.15 bits per heavy atom. The number of imidazole rings is 1. The Labute approximate surface area is 235 Å². The fourth-order valence-electron chi connectivity index (χ4n) is 6.95. The number of rotatable bonds is 6. The van der Waals surface area contributed by atoms with Crippen molar-refractivity contribution >= 4 is 11.9 Å². The lowest BCUT2D eigenvalue weighted by Gasteiger charge is -2.37. The van der Waals surface area contributed by atoms with Gasteiger partial charge < -0.3 is 4.57 Å². The molecule has 1 heterocycles. The highest BCUT2D eigenvalue weighted by atomic mass is 16.1. The average molecular weight is 521 g/mol. The van der Waals surface area contributed by atoms with Crippen LogP contribution in [0.4, 0.5) is 0 Å². The molecule has 3 heteroatoms. The van der Waals surface area contributed by atoms with Gasteiger partial charge in [0, 0.05) is 17.7 Å². The van der Waals surface area contributed by atoms with Gasteiger partial charge in [0.05, 0.1) is 12.0 Å². The number of nitrogens with zero attached hydrogens (tertiary/aromatic N) is 2. The van der Waals surface area contributed by atoms with Gasteiger partial charge in [-0.15, -0.1) is 0 Å². The smallest absolute Gasteiger partial charge is 0.162 e. The minimum Gasteiger partial charge on any atom is -0.318 e. The first-order valence-corrected chi connectivity index (χ1v) is 14.3. The number of benzene rings is 4. The summed E-state index contributed by atoms with van der Waals surface area (Å²) in [5.41, 5.74) is 6.90. The fourth-order valence-corrected chi connectivity index (χ4v) is 6.95. The summed E-state index contributed by atoms with van der Waals surface area (Å²) >= 11 is 0. The van der Waals surface area contributed by atoms with Crippen LogP contribution in [0.3, 0.4) is 0 Å². The van der Waals surface area contributed by atoms with E-state index in [0.717, 1.165) is 64.8 Å². The molecular weight excluding hydrogens is 488 g/mol. The first-order chi connectivity index (χ1) is 19.7. The molecule has 3 fully saturated rings. The van der Waals surface area contributed by atoms with E-state index in [0.29, 0.717) is 11.7 Å². The summed E-state index contributed by atoms with van der Waals surface area (Å²) in [5, 5.41) is 0. The molecule has 1 aromatic heterocycles. The maximum atomic E-state index is 13.2. The Bertz CT molecular complexity index is 1560. The van der Waals surface area contributed by atoms with Crippen molar-refractivity contribution in [3.8, 4) is 11.3 Å². The van der Waals surface area contributed by atoms with E-state index in [1.54, 1.807) is 0 Å². The van der Waals surface area contributed by atoms with Crippen molar-refractivity contribution in [1.82, 2.24) is 9.55 Å². The molecule has 0 N–H and O–H groups in total. The Hall–Kier alpha value is -4.50. The van der Waals surface area contributed by atoms with Crippen LogP contribution in [0.2, 0.25) is 0 Å². The number of Topliss-reactive ketones (excluding diaryl/α,β-unsaturated/α-hetero) is 1. The van der Waals surface area contributed by atoms with E-state index in [4.69, 9.17) is 4.98 Å². The van der Waals surface area contributed by atoms with Crippen LogP contribution in [0.25, 0.3) is 17.3 Å². The van der Waals surface area contributed by atoms with Crippen molar-refractivity contribution in [3.63, 3.8) is 0 Å². The molecule has 40 heavy (non-hydrogen) atoms. The number of fused-ring (bicyclic) bond motifs is 3. The molecule has 0 saturated heterocycles. The lowest BCUT2D eigenvalue weighted by Crippen LogP contribution is -2.36. The third kappa shape index (κ3) is 4.05. The molecule has 0 aliphatic heterocycles. The summed E-state index contributed by atoms with van der Waals surface area (Å²) in [6, 6.07) is 40.3. The zero-order valence-electron chi connectivity index (χ0n) is 22.5. The van der Waals surface area contributed by atoms with Gasteiger partial charge in [-0.1, -0.05) is 115 Å². The number of ketones is 1. The molecule has 3 aliphatic carbocycles. The van der Waals surface area contributed by atoms with E-state index in [1.807, 2.05) is 6.33 Å². The van der Waals surface area contributed by atoms with Crippen LogP contribution < -0.4 is 0 Å². The van der Waals surface area contributed by atoms with Gasteiger partial charge in [0.15, 0.2) is 5.78 Å². The second kappa shape index (κ2) is 10.2. The monoisotopic (exact) mass is 520 g/mol. The molecule has 0 amide bonds. The Morgan fingerprint density at radius 3 is 1.70 bits per heavy atom. The van der Waals surface area contributed by atoms with Crippen LogP contribution >= 0.6 is 0 Å². The van der Waals surface area contributed by atoms with E-state index >= 15 is 0 Å². The van der Waals surface area contributed by atoms with Gasteiger partial charge in [0.2, 0.25) is 0 Å². The first-order valence-electron chi connectivity index (χ1n) is 14.3. The summed E-state index contributed by atoms with van der Waals surface area (Å²) in [5.74, 6) is 0.968. The molecule has 5 aromatic rings. The van der Waals surface area contributed by atoms with Crippen molar-refractivity contribution in [2.24, 2.45) is 11.8 Å². The number of carbonyl (C=O) groups excluding carboxylic acids is 1. The van der Waals surface area contributed by atoms with Crippen LogP contribution in [0.1, 0.15) is 47.9 Å². The van der Waals surface area contributed by atoms with E-state index < -0.39 is 5.54 Å². The largest absolute Gasteiger partial charge is 0.318 e. The second-order valence-electron chi connectivity index (χ2n) is 11.1. The number of carbonyl (C=O) groups is 1. The Balaban J connectivity index is 1.40. The lowest BCUT2D eigenvalue weighted by molar-refractivity contribution is -0.123. The molecule has 3 saturated carbocycles. The van der Waals surface area contributed by atoms with Crippen LogP contribution in [-0.2, 0) is 10.3 Å². The van der Waals surface area contributed by atoms with Gasteiger partial charge in [-0.25, -0.2) is 4.98 Å². The normalized spacial score (nSPS) is 19.7. The molecule has 0 atom stereocenters.